The van der Waals surface area contributed by atoms with Crippen LogP contribution in [0.25, 0.3) is 0 Å². The van der Waals surface area contributed by atoms with E-state index < -0.39 is 0 Å². The normalized spacial score (nSPS) is 13.6. The number of phenolic OH excluding ortho intramolecular Hbond substituents is 2. The molecule has 1 heterocycles. The van der Waals surface area contributed by atoms with Crippen LogP contribution < -0.4 is 15.3 Å². The standard InChI is InChI=1S/C17H18N2O4/c1-9(2)11-6-12(14(21)7-13(11)20)17(19-18)10-3-4-15-16(5-10)23-8-22-15/h3-7,9,20-21H,8,18H2,1-2H3. The maximum absolute atomic E-state index is 10.2. The number of ether oxygens (including phenoxy) is 2. The van der Waals surface area contributed by atoms with E-state index >= 15 is 0 Å². The van der Waals surface area contributed by atoms with Gasteiger partial charge in [-0.3, -0.25) is 0 Å². The SMILES string of the molecule is CC(C)c1cc(C(=NN)c2ccc3c(c2)OCO3)c(O)cc1O. The molecule has 6 heteroatoms. The minimum absolute atomic E-state index is 0.0447. The van der Waals surface area contributed by atoms with Crippen LogP contribution in [0.2, 0.25) is 0 Å². The molecule has 4 N–H and O–H groups in total. The number of benzene rings is 2. The molecule has 0 saturated carbocycles. The number of hydrazone groups is 1. The molecule has 0 spiro atoms. The first kappa shape index (κ1) is 15.0. The van der Waals surface area contributed by atoms with Gasteiger partial charge >= 0.3 is 0 Å². The van der Waals surface area contributed by atoms with Gasteiger partial charge in [0.25, 0.3) is 0 Å². The Morgan fingerprint density at radius 3 is 2.52 bits per heavy atom. The van der Waals surface area contributed by atoms with Gasteiger partial charge < -0.3 is 25.5 Å². The minimum Gasteiger partial charge on any atom is -0.508 e. The molecular weight excluding hydrogens is 296 g/mol. The summed E-state index contributed by atoms with van der Waals surface area (Å²) >= 11 is 0. The number of hydrogen-bond acceptors (Lipinski definition) is 6. The van der Waals surface area contributed by atoms with E-state index in [4.69, 9.17) is 15.3 Å². The second-order valence-electron chi connectivity index (χ2n) is 5.63. The Kier molecular flexibility index (Phi) is 3.73. The van der Waals surface area contributed by atoms with E-state index in [1.807, 2.05) is 13.8 Å². The Labute approximate surface area is 133 Å². The van der Waals surface area contributed by atoms with Crippen molar-refractivity contribution < 1.29 is 19.7 Å². The molecule has 0 atom stereocenters. The van der Waals surface area contributed by atoms with Gasteiger partial charge in [0.2, 0.25) is 6.79 Å². The van der Waals surface area contributed by atoms with Gasteiger partial charge in [-0.15, -0.1) is 0 Å². The molecule has 0 bridgehead atoms. The lowest BCUT2D eigenvalue weighted by atomic mass is 9.94. The van der Waals surface area contributed by atoms with Crippen molar-refractivity contribution in [2.24, 2.45) is 10.9 Å². The van der Waals surface area contributed by atoms with Gasteiger partial charge in [-0.05, 0) is 35.7 Å². The first-order chi connectivity index (χ1) is 11.0. The van der Waals surface area contributed by atoms with Crippen LogP contribution in [0.1, 0.15) is 36.5 Å². The minimum atomic E-state index is -0.0891. The zero-order valence-corrected chi connectivity index (χ0v) is 12.9. The van der Waals surface area contributed by atoms with Gasteiger partial charge in [0.05, 0.1) is 0 Å². The van der Waals surface area contributed by atoms with Crippen LogP contribution in [0.4, 0.5) is 0 Å². The number of aromatic hydroxyl groups is 2. The third kappa shape index (κ3) is 2.63. The zero-order valence-electron chi connectivity index (χ0n) is 12.9. The fraction of sp³-hybridized carbons (Fsp3) is 0.235. The summed E-state index contributed by atoms with van der Waals surface area (Å²) in [5.41, 5.74) is 2.25. The molecular formula is C17H18N2O4. The molecule has 0 radical (unpaired) electrons. The predicted molar refractivity (Wildman–Crippen MR) is 86.3 cm³/mol. The van der Waals surface area contributed by atoms with E-state index in [9.17, 15) is 10.2 Å². The average molecular weight is 314 g/mol. The average Bonchev–Trinajstić information content (AvgIpc) is 2.97. The number of nitrogens with two attached hydrogens (primary N) is 1. The Morgan fingerprint density at radius 1 is 1.09 bits per heavy atom. The summed E-state index contributed by atoms with van der Waals surface area (Å²) in [4.78, 5) is 0. The number of fused-ring (bicyclic) bond motifs is 1. The lowest BCUT2D eigenvalue weighted by molar-refractivity contribution is 0.174. The second kappa shape index (κ2) is 5.72. The summed E-state index contributed by atoms with van der Waals surface area (Å²) in [6, 6.07) is 8.33. The van der Waals surface area contributed by atoms with Gasteiger partial charge in [0.15, 0.2) is 11.5 Å². The quantitative estimate of drug-likeness (QED) is 0.460. The Morgan fingerprint density at radius 2 is 1.83 bits per heavy atom. The van der Waals surface area contributed by atoms with Crippen molar-refractivity contribution >= 4 is 5.71 Å². The first-order valence-corrected chi connectivity index (χ1v) is 7.25. The molecule has 0 aromatic heterocycles. The van der Waals surface area contributed by atoms with Crippen LogP contribution in [-0.4, -0.2) is 22.7 Å². The Hall–Kier alpha value is -2.89. The van der Waals surface area contributed by atoms with Crippen molar-refractivity contribution in [3.05, 3.63) is 47.0 Å². The highest BCUT2D eigenvalue weighted by Gasteiger charge is 2.20. The maximum Gasteiger partial charge on any atom is 0.231 e. The number of rotatable bonds is 3. The molecule has 1 aliphatic rings. The summed E-state index contributed by atoms with van der Waals surface area (Å²) in [5.74, 6) is 6.86. The van der Waals surface area contributed by atoms with E-state index in [0.29, 0.717) is 33.9 Å². The van der Waals surface area contributed by atoms with Crippen LogP contribution in [0, 0.1) is 0 Å². The second-order valence-corrected chi connectivity index (χ2v) is 5.63. The molecule has 0 amide bonds. The van der Waals surface area contributed by atoms with E-state index in [-0.39, 0.29) is 24.2 Å². The first-order valence-electron chi connectivity index (χ1n) is 7.25. The van der Waals surface area contributed by atoms with Gasteiger partial charge in [-0.25, -0.2) is 0 Å². The molecule has 1 aliphatic heterocycles. The maximum atomic E-state index is 10.2. The van der Waals surface area contributed by atoms with Crippen molar-refractivity contribution in [3.63, 3.8) is 0 Å². The van der Waals surface area contributed by atoms with Gasteiger partial charge in [0.1, 0.15) is 17.2 Å². The predicted octanol–water partition coefficient (Wildman–Crippen LogP) is 2.66. The summed E-state index contributed by atoms with van der Waals surface area (Å²) in [6.07, 6.45) is 0. The Bertz CT molecular complexity index is 784. The highest BCUT2D eigenvalue weighted by atomic mass is 16.7. The molecule has 0 unspecified atom stereocenters. The van der Waals surface area contributed by atoms with Crippen LogP contribution >= 0.6 is 0 Å². The lowest BCUT2D eigenvalue weighted by Gasteiger charge is -2.14. The van der Waals surface area contributed by atoms with Gasteiger partial charge in [-0.2, -0.15) is 5.10 Å². The molecule has 2 aromatic rings. The number of phenols is 2. The number of nitrogens with zero attached hydrogens (tertiary/aromatic N) is 1. The van der Waals surface area contributed by atoms with Crippen molar-refractivity contribution in [1.29, 1.82) is 0 Å². The summed E-state index contributed by atoms with van der Waals surface area (Å²) in [6.45, 7) is 4.08. The molecule has 0 aliphatic carbocycles. The van der Waals surface area contributed by atoms with E-state index in [1.54, 1.807) is 24.3 Å². The van der Waals surface area contributed by atoms with Crippen molar-refractivity contribution in [2.45, 2.75) is 19.8 Å². The molecule has 2 aromatic carbocycles. The van der Waals surface area contributed by atoms with Gasteiger partial charge in [0, 0.05) is 17.2 Å². The van der Waals surface area contributed by atoms with Crippen LogP contribution in [0.3, 0.4) is 0 Å². The molecule has 3 rings (SSSR count). The third-order valence-corrected chi connectivity index (χ3v) is 3.80. The number of hydrogen-bond donors (Lipinski definition) is 3. The van der Waals surface area contributed by atoms with E-state index in [1.165, 1.54) is 6.07 Å². The van der Waals surface area contributed by atoms with Crippen molar-refractivity contribution in [3.8, 4) is 23.0 Å². The topological polar surface area (TPSA) is 97.3 Å². The monoisotopic (exact) mass is 314 g/mol. The zero-order chi connectivity index (χ0) is 16.6. The smallest absolute Gasteiger partial charge is 0.231 e. The summed E-state index contributed by atoms with van der Waals surface area (Å²) < 4.78 is 10.6. The van der Waals surface area contributed by atoms with Crippen LogP contribution in [0.15, 0.2) is 35.4 Å². The summed E-state index contributed by atoms with van der Waals surface area (Å²) in [7, 11) is 0. The molecule has 23 heavy (non-hydrogen) atoms. The van der Waals surface area contributed by atoms with E-state index in [0.717, 1.165) is 0 Å². The van der Waals surface area contributed by atoms with Crippen molar-refractivity contribution in [2.75, 3.05) is 6.79 Å². The molecule has 0 saturated heterocycles. The fourth-order valence-corrected chi connectivity index (χ4v) is 2.59. The van der Waals surface area contributed by atoms with Gasteiger partial charge in [-0.1, -0.05) is 13.8 Å². The fourth-order valence-electron chi connectivity index (χ4n) is 2.59. The highest BCUT2D eigenvalue weighted by Crippen LogP contribution is 2.36. The Balaban J connectivity index is 2.10. The van der Waals surface area contributed by atoms with Crippen molar-refractivity contribution in [1.82, 2.24) is 0 Å². The molecule has 120 valence electrons. The highest BCUT2D eigenvalue weighted by molar-refractivity contribution is 6.14. The molecule has 6 nitrogen and oxygen atoms in total. The van der Waals surface area contributed by atoms with Crippen LogP contribution in [-0.2, 0) is 0 Å². The summed E-state index contributed by atoms with van der Waals surface area (Å²) in [5, 5.41) is 24.0. The molecule has 0 fully saturated rings. The largest absolute Gasteiger partial charge is 0.508 e. The van der Waals surface area contributed by atoms with Crippen LogP contribution in [0.5, 0.6) is 23.0 Å². The third-order valence-electron chi connectivity index (χ3n) is 3.80. The lowest BCUT2D eigenvalue weighted by Crippen LogP contribution is -2.08. The van der Waals surface area contributed by atoms with E-state index in [2.05, 4.69) is 5.10 Å².